The van der Waals surface area contributed by atoms with E-state index in [1.807, 2.05) is 42.5 Å². The van der Waals surface area contributed by atoms with Gasteiger partial charge in [0.2, 0.25) is 5.75 Å². The van der Waals surface area contributed by atoms with Crippen LogP contribution >= 0.6 is 0 Å². The van der Waals surface area contributed by atoms with E-state index in [9.17, 15) is 8.42 Å². The van der Waals surface area contributed by atoms with Gasteiger partial charge in [-0.3, -0.25) is 4.72 Å². The molecule has 0 unspecified atom stereocenters. The highest BCUT2D eigenvalue weighted by Crippen LogP contribution is 2.39. The molecule has 0 aliphatic rings. The molecule has 0 atom stereocenters. The quantitative estimate of drug-likeness (QED) is 0.355. The van der Waals surface area contributed by atoms with Gasteiger partial charge in [-0.1, -0.05) is 51.1 Å². The van der Waals surface area contributed by atoms with Gasteiger partial charge in [0.15, 0.2) is 11.5 Å². The average molecular weight is 512 g/mol. The zero-order chi connectivity index (χ0) is 26.5. The Morgan fingerprint density at radius 1 is 0.694 bits per heavy atom. The molecule has 0 aliphatic carbocycles. The largest absolute Gasteiger partial charge is 0.495 e. The summed E-state index contributed by atoms with van der Waals surface area (Å²) in [6.45, 7) is 6.24. The Labute approximate surface area is 213 Å². The molecule has 0 radical (unpaired) electrons. The van der Waals surface area contributed by atoms with Crippen molar-refractivity contribution in [2.45, 2.75) is 31.1 Å². The Hall–Kier alpha value is -3.65. The van der Waals surface area contributed by atoms with Crippen LogP contribution in [-0.2, 0) is 15.4 Å². The molecule has 8 heteroatoms. The Morgan fingerprint density at radius 3 is 1.75 bits per heavy atom. The number of nitrogens with one attached hydrogen (secondary N) is 1. The predicted molar refractivity (Wildman–Crippen MR) is 144 cm³/mol. The van der Waals surface area contributed by atoms with Crippen molar-refractivity contribution in [1.82, 2.24) is 0 Å². The molecule has 3 aromatic carbocycles. The third-order valence-corrected chi connectivity index (χ3v) is 7.04. The maximum absolute atomic E-state index is 13.1. The molecule has 0 spiro atoms. The average Bonchev–Trinajstić information content (AvgIpc) is 2.86. The first-order valence-electron chi connectivity index (χ1n) is 11.3. The summed E-state index contributed by atoms with van der Waals surface area (Å²) in [6.07, 6.45) is 3.73. The van der Waals surface area contributed by atoms with E-state index in [1.54, 1.807) is 45.6 Å². The van der Waals surface area contributed by atoms with Crippen LogP contribution < -0.4 is 23.7 Å². The molecule has 192 valence electrons. The van der Waals surface area contributed by atoms with Crippen LogP contribution in [0.1, 0.15) is 37.5 Å². The van der Waals surface area contributed by atoms with Gasteiger partial charge in [0.05, 0.1) is 39.0 Å². The normalized spacial score (nSPS) is 11.9. The fraction of sp³-hybridized carbons (Fsp3) is 0.286. The highest BCUT2D eigenvalue weighted by Gasteiger charge is 2.19. The van der Waals surface area contributed by atoms with Gasteiger partial charge in [-0.15, -0.1) is 0 Å². The second-order valence-corrected chi connectivity index (χ2v) is 10.8. The number of anilines is 1. The fourth-order valence-electron chi connectivity index (χ4n) is 3.64. The first kappa shape index (κ1) is 26.9. The Morgan fingerprint density at radius 2 is 1.25 bits per heavy atom. The van der Waals surface area contributed by atoms with E-state index in [2.05, 4.69) is 25.5 Å². The standard InChI is InChI=1S/C28H33NO6S/c1-28(2,3)21-11-13-22(14-12-21)36(30,31)29-23-16-19(10-15-24(23)32-4)8-9-20-17-25(33-5)27(35-7)26(18-20)34-6/h8-18,29H,1-7H3. The van der Waals surface area contributed by atoms with Gasteiger partial charge in [0.1, 0.15) is 5.75 Å². The van der Waals surface area contributed by atoms with Gasteiger partial charge in [-0.05, 0) is 58.5 Å². The second kappa shape index (κ2) is 11.0. The van der Waals surface area contributed by atoms with Crippen LogP contribution in [0.5, 0.6) is 23.0 Å². The zero-order valence-electron chi connectivity index (χ0n) is 21.7. The van der Waals surface area contributed by atoms with Crippen molar-refractivity contribution in [3.05, 3.63) is 71.3 Å². The summed E-state index contributed by atoms with van der Waals surface area (Å²) in [6, 6.07) is 15.8. The van der Waals surface area contributed by atoms with E-state index in [1.165, 1.54) is 7.11 Å². The number of methoxy groups -OCH3 is 4. The van der Waals surface area contributed by atoms with Crippen LogP contribution in [-0.4, -0.2) is 36.9 Å². The minimum Gasteiger partial charge on any atom is -0.495 e. The van der Waals surface area contributed by atoms with Crippen LogP contribution in [0.2, 0.25) is 0 Å². The lowest BCUT2D eigenvalue weighted by Crippen LogP contribution is -2.15. The SMILES string of the molecule is COc1ccc(C=Cc2cc(OC)c(OC)c(OC)c2)cc1NS(=O)(=O)c1ccc(C(C)(C)C)cc1. The molecule has 0 heterocycles. The Kier molecular flexibility index (Phi) is 8.20. The topological polar surface area (TPSA) is 83.1 Å². The van der Waals surface area contributed by atoms with Crippen molar-refractivity contribution in [1.29, 1.82) is 0 Å². The first-order valence-corrected chi connectivity index (χ1v) is 12.8. The van der Waals surface area contributed by atoms with Crippen LogP contribution in [0, 0.1) is 0 Å². The van der Waals surface area contributed by atoms with Gasteiger partial charge in [-0.25, -0.2) is 8.42 Å². The van der Waals surface area contributed by atoms with Crippen LogP contribution in [0.3, 0.4) is 0 Å². The van der Waals surface area contributed by atoms with Gasteiger partial charge in [0.25, 0.3) is 10.0 Å². The molecule has 0 aromatic heterocycles. The molecule has 36 heavy (non-hydrogen) atoms. The van der Waals surface area contributed by atoms with Crippen molar-refractivity contribution in [3.8, 4) is 23.0 Å². The molecule has 1 N–H and O–H groups in total. The Bertz CT molecular complexity index is 1310. The number of rotatable bonds is 9. The molecule has 0 fully saturated rings. The summed E-state index contributed by atoms with van der Waals surface area (Å²) in [5.74, 6) is 2.00. The van der Waals surface area contributed by atoms with E-state index >= 15 is 0 Å². The summed E-state index contributed by atoms with van der Waals surface area (Å²) in [7, 11) is 2.35. The van der Waals surface area contributed by atoms with Crippen LogP contribution in [0.15, 0.2) is 59.5 Å². The molecular formula is C28H33NO6S. The number of hydrogen-bond donors (Lipinski definition) is 1. The minimum atomic E-state index is -3.82. The molecule has 0 saturated carbocycles. The van der Waals surface area contributed by atoms with Gasteiger partial charge < -0.3 is 18.9 Å². The lowest BCUT2D eigenvalue weighted by atomic mass is 9.87. The van der Waals surface area contributed by atoms with Crippen molar-refractivity contribution in [2.24, 2.45) is 0 Å². The maximum Gasteiger partial charge on any atom is 0.262 e. The molecular weight excluding hydrogens is 478 g/mol. The summed E-state index contributed by atoms with van der Waals surface area (Å²) >= 11 is 0. The number of sulfonamides is 1. The third kappa shape index (κ3) is 6.12. The molecule has 7 nitrogen and oxygen atoms in total. The second-order valence-electron chi connectivity index (χ2n) is 9.13. The van der Waals surface area contributed by atoms with E-state index in [0.717, 1.165) is 16.7 Å². The highest BCUT2D eigenvalue weighted by atomic mass is 32.2. The monoisotopic (exact) mass is 511 g/mol. The fourth-order valence-corrected chi connectivity index (χ4v) is 4.70. The van der Waals surface area contributed by atoms with E-state index in [4.69, 9.17) is 18.9 Å². The van der Waals surface area contributed by atoms with Crippen molar-refractivity contribution < 1.29 is 27.4 Å². The molecule has 3 rings (SSSR count). The zero-order valence-corrected chi connectivity index (χ0v) is 22.5. The number of ether oxygens (including phenoxy) is 4. The molecule has 0 bridgehead atoms. The van der Waals surface area contributed by atoms with Crippen molar-refractivity contribution in [2.75, 3.05) is 33.2 Å². The summed E-state index contributed by atoms with van der Waals surface area (Å²) in [4.78, 5) is 0.177. The highest BCUT2D eigenvalue weighted by molar-refractivity contribution is 7.92. The molecule has 0 saturated heterocycles. The van der Waals surface area contributed by atoms with Crippen LogP contribution in [0.4, 0.5) is 5.69 Å². The maximum atomic E-state index is 13.1. The lowest BCUT2D eigenvalue weighted by molar-refractivity contribution is 0.324. The summed E-state index contributed by atoms with van der Waals surface area (Å²) in [5.41, 5.74) is 2.91. The van der Waals surface area contributed by atoms with E-state index in [0.29, 0.717) is 28.7 Å². The Balaban J connectivity index is 1.91. The van der Waals surface area contributed by atoms with Gasteiger partial charge in [-0.2, -0.15) is 0 Å². The van der Waals surface area contributed by atoms with Gasteiger partial charge in [0, 0.05) is 0 Å². The number of benzene rings is 3. The van der Waals surface area contributed by atoms with Crippen molar-refractivity contribution >= 4 is 27.9 Å². The smallest absolute Gasteiger partial charge is 0.262 e. The van der Waals surface area contributed by atoms with Crippen molar-refractivity contribution in [3.63, 3.8) is 0 Å². The predicted octanol–water partition coefficient (Wildman–Crippen LogP) is 5.99. The third-order valence-electron chi connectivity index (χ3n) is 5.65. The van der Waals surface area contributed by atoms with E-state index in [-0.39, 0.29) is 10.3 Å². The van der Waals surface area contributed by atoms with Gasteiger partial charge >= 0.3 is 0 Å². The lowest BCUT2D eigenvalue weighted by Gasteiger charge is -2.19. The summed E-state index contributed by atoms with van der Waals surface area (Å²) in [5, 5.41) is 0. The molecule has 3 aromatic rings. The first-order chi connectivity index (χ1) is 17.0. The van der Waals surface area contributed by atoms with E-state index < -0.39 is 10.0 Å². The number of hydrogen-bond acceptors (Lipinski definition) is 6. The minimum absolute atomic E-state index is 0.0719. The molecule has 0 aliphatic heterocycles. The summed E-state index contributed by atoms with van der Waals surface area (Å²) < 4.78 is 50.4. The van der Waals surface area contributed by atoms with Crippen LogP contribution in [0.25, 0.3) is 12.2 Å². The molecule has 0 amide bonds.